The Labute approximate surface area is 174 Å². The van der Waals surface area contributed by atoms with Crippen LogP contribution in [0.1, 0.15) is 41.7 Å². The van der Waals surface area contributed by atoms with Crippen LogP contribution in [0.4, 0.5) is 0 Å². The van der Waals surface area contributed by atoms with Crippen LogP contribution in [-0.4, -0.2) is 27.8 Å². The molecule has 8 heteroatoms. The van der Waals surface area contributed by atoms with E-state index >= 15 is 0 Å². The summed E-state index contributed by atoms with van der Waals surface area (Å²) in [7, 11) is 1.79. The lowest BCUT2D eigenvalue weighted by Crippen LogP contribution is -2.41. The van der Waals surface area contributed by atoms with Gasteiger partial charge in [-0.05, 0) is 49.9 Å². The molecule has 2 N–H and O–H groups in total. The van der Waals surface area contributed by atoms with Crippen molar-refractivity contribution in [2.75, 3.05) is 7.05 Å². The molecule has 0 saturated carbocycles. The fourth-order valence-electron chi connectivity index (χ4n) is 3.00. The van der Waals surface area contributed by atoms with E-state index in [1.807, 2.05) is 11.6 Å². The van der Waals surface area contributed by atoms with Gasteiger partial charge in [-0.25, -0.2) is 9.67 Å². The first-order valence-electron chi connectivity index (χ1n) is 8.20. The normalized spacial score (nSPS) is 16.8. The van der Waals surface area contributed by atoms with Gasteiger partial charge < -0.3 is 10.6 Å². The molecule has 0 bridgehead atoms. The minimum absolute atomic E-state index is 0. The zero-order chi connectivity index (χ0) is 17.1. The zero-order valence-corrected chi connectivity index (χ0v) is 18.6. The third-order valence-corrected chi connectivity index (χ3v) is 4.76. The minimum atomic E-state index is 0. The number of hydrogen-bond donors (Lipinski definition) is 2. The summed E-state index contributed by atoms with van der Waals surface area (Å²) in [4.78, 5) is 8.92. The number of hydrogen-bond acceptors (Lipinski definition) is 3. The van der Waals surface area contributed by atoms with Crippen LogP contribution in [0.2, 0.25) is 0 Å². The van der Waals surface area contributed by atoms with Crippen LogP contribution >= 0.6 is 39.9 Å². The van der Waals surface area contributed by atoms with Crippen molar-refractivity contribution in [1.29, 1.82) is 0 Å². The molecular weight excluding hydrogens is 495 g/mol. The Balaban J connectivity index is 0.00000225. The van der Waals surface area contributed by atoms with E-state index < -0.39 is 0 Å². The minimum Gasteiger partial charge on any atom is -0.352 e. The van der Waals surface area contributed by atoms with Gasteiger partial charge in [-0.3, -0.25) is 4.99 Å². The van der Waals surface area contributed by atoms with E-state index in [0.29, 0.717) is 0 Å². The van der Waals surface area contributed by atoms with Crippen molar-refractivity contribution in [3.63, 3.8) is 0 Å². The summed E-state index contributed by atoms with van der Waals surface area (Å²) in [6, 6.07) is 6.46. The summed E-state index contributed by atoms with van der Waals surface area (Å²) in [5.74, 6) is 2.62. The fraction of sp³-hybridized carbons (Fsp3) is 0.471. The molecule has 0 aliphatic carbocycles. The molecular formula is C17H24BrIN6. The quantitative estimate of drug-likeness (QED) is 0.371. The number of guanidine groups is 1. The lowest BCUT2D eigenvalue weighted by Gasteiger charge is -2.25. The Morgan fingerprint density at radius 1 is 1.40 bits per heavy atom. The number of halogens is 2. The summed E-state index contributed by atoms with van der Waals surface area (Å²) < 4.78 is 3.10. The third-order valence-electron chi connectivity index (χ3n) is 4.27. The fourth-order valence-corrected chi connectivity index (χ4v) is 3.48. The van der Waals surface area contributed by atoms with Crippen molar-refractivity contribution < 1.29 is 0 Å². The van der Waals surface area contributed by atoms with Gasteiger partial charge in [0.15, 0.2) is 5.96 Å². The maximum atomic E-state index is 4.56. The topological polar surface area (TPSA) is 67.1 Å². The standard InChI is InChI=1S/C17H23BrN6.HI/c1-11-9-14(18)7-6-13(11)10-20-17(19-3)22-15-5-4-8-24-16(15)21-12(2)23-24;/h6-7,9,15H,4-5,8,10H2,1-3H3,(H2,19,20,22);1H. The van der Waals surface area contributed by atoms with E-state index in [4.69, 9.17) is 0 Å². The number of aliphatic imine (C=N–C) groups is 1. The molecule has 1 aromatic heterocycles. The van der Waals surface area contributed by atoms with Crippen LogP contribution in [0.5, 0.6) is 0 Å². The first kappa shape index (κ1) is 20.2. The van der Waals surface area contributed by atoms with Crippen LogP contribution in [0.3, 0.4) is 0 Å². The molecule has 1 unspecified atom stereocenters. The SMILES string of the molecule is CN=C(NCc1ccc(Br)cc1C)NC1CCCn2nc(C)nc21.I. The average molecular weight is 519 g/mol. The van der Waals surface area contributed by atoms with Crippen molar-refractivity contribution in [3.8, 4) is 0 Å². The number of rotatable bonds is 3. The molecule has 136 valence electrons. The first-order valence-corrected chi connectivity index (χ1v) is 8.99. The highest BCUT2D eigenvalue weighted by Crippen LogP contribution is 2.22. The summed E-state index contributed by atoms with van der Waals surface area (Å²) in [6.45, 7) is 5.73. The van der Waals surface area contributed by atoms with Crippen molar-refractivity contribution in [3.05, 3.63) is 45.4 Å². The monoisotopic (exact) mass is 518 g/mol. The van der Waals surface area contributed by atoms with Gasteiger partial charge in [0.05, 0.1) is 6.04 Å². The van der Waals surface area contributed by atoms with E-state index in [-0.39, 0.29) is 30.0 Å². The second-order valence-corrected chi connectivity index (χ2v) is 6.99. The van der Waals surface area contributed by atoms with E-state index in [2.05, 4.69) is 66.8 Å². The molecule has 0 radical (unpaired) electrons. The highest BCUT2D eigenvalue weighted by molar-refractivity contribution is 14.0. The van der Waals surface area contributed by atoms with Gasteiger partial charge in [-0.1, -0.05) is 22.0 Å². The molecule has 0 fully saturated rings. The van der Waals surface area contributed by atoms with Gasteiger partial charge >= 0.3 is 0 Å². The molecule has 0 saturated heterocycles. The lowest BCUT2D eigenvalue weighted by atomic mass is 10.1. The Morgan fingerprint density at radius 3 is 2.92 bits per heavy atom. The van der Waals surface area contributed by atoms with Gasteiger partial charge in [0.1, 0.15) is 11.6 Å². The zero-order valence-electron chi connectivity index (χ0n) is 14.7. The first-order chi connectivity index (χ1) is 11.6. The predicted molar refractivity (Wildman–Crippen MR) is 114 cm³/mol. The Kier molecular flexibility index (Phi) is 7.24. The predicted octanol–water partition coefficient (Wildman–Crippen LogP) is 3.48. The van der Waals surface area contributed by atoms with Crippen molar-refractivity contribution >= 4 is 45.9 Å². The molecule has 2 aromatic rings. The molecule has 1 aromatic carbocycles. The van der Waals surface area contributed by atoms with Crippen molar-refractivity contribution in [1.82, 2.24) is 25.4 Å². The van der Waals surface area contributed by atoms with Crippen LogP contribution < -0.4 is 10.6 Å². The summed E-state index contributed by atoms with van der Waals surface area (Å²) >= 11 is 3.50. The molecule has 1 aliphatic rings. The second-order valence-electron chi connectivity index (χ2n) is 6.08. The largest absolute Gasteiger partial charge is 0.352 e. The average Bonchev–Trinajstić information content (AvgIpc) is 2.94. The number of benzene rings is 1. The van der Waals surface area contributed by atoms with Crippen LogP contribution in [0.15, 0.2) is 27.7 Å². The van der Waals surface area contributed by atoms with Crippen LogP contribution in [0, 0.1) is 13.8 Å². The molecule has 3 rings (SSSR count). The van der Waals surface area contributed by atoms with E-state index in [1.54, 1.807) is 7.05 Å². The highest BCUT2D eigenvalue weighted by Gasteiger charge is 2.24. The lowest BCUT2D eigenvalue weighted by molar-refractivity contribution is 0.397. The highest BCUT2D eigenvalue weighted by atomic mass is 127. The van der Waals surface area contributed by atoms with Gasteiger partial charge in [-0.15, -0.1) is 24.0 Å². The third kappa shape index (κ3) is 4.93. The summed E-state index contributed by atoms with van der Waals surface area (Å²) in [6.07, 6.45) is 2.13. The summed E-state index contributed by atoms with van der Waals surface area (Å²) in [5, 5.41) is 11.3. The molecule has 0 amide bonds. The molecule has 2 heterocycles. The Bertz CT molecular complexity index is 758. The second kappa shape index (κ2) is 8.98. The maximum absolute atomic E-state index is 4.56. The number of aromatic nitrogens is 3. The molecule has 1 aliphatic heterocycles. The van der Waals surface area contributed by atoms with Crippen LogP contribution in [-0.2, 0) is 13.1 Å². The molecule has 0 spiro atoms. The molecule has 25 heavy (non-hydrogen) atoms. The maximum Gasteiger partial charge on any atom is 0.191 e. The van der Waals surface area contributed by atoms with Crippen molar-refractivity contribution in [2.45, 2.75) is 45.8 Å². The Morgan fingerprint density at radius 2 is 2.20 bits per heavy atom. The number of nitrogens with zero attached hydrogens (tertiary/aromatic N) is 4. The van der Waals surface area contributed by atoms with E-state index in [0.717, 1.165) is 48.0 Å². The number of nitrogens with one attached hydrogen (secondary N) is 2. The summed E-state index contributed by atoms with van der Waals surface area (Å²) in [5.41, 5.74) is 2.50. The molecule has 6 nitrogen and oxygen atoms in total. The van der Waals surface area contributed by atoms with Gasteiger partial charge in [0.25, 0.3) is 0 Å². The number of aryl methyl sites for hydroxylation is 3. The molecule has 1 atom stereocenters. The van der Waals surface area contributed by atoms with E-state index in [9.17, 15) is 0 Å². The number of fused-ring (bicyclic) bond motifs is 1. The van der Waals surface area contributed by atoms with Gasteiger partial charge in [0, 0.05) is 24.6 Å². The Hall–Kier alpha value is -1.16. The van der Waals surface area contributed by atoms with Gasteiger partial charge in [-0.2, -0.15) is 5.10 Å². The van der Waals surface area contributed by atoms with E-state index in [1.165, 1.54) is 11.1 Å². The smallest absolute Gasteiger partial charge is 0.191 e. The van der Waals surface area contributed by atoms with Gasteiger partial charge in [0.2, 0.25) is 0 Å². The van der Waals surface area contributed by atoms with Crippen LogP contribution in [0.25, 0.3) is 0 Å². The van der Waals surface area contributed by atoms with Crippen molar-refractivity contribution in [2.24, 2.45) is 4.99 Å².